The maximum Gasteiger partial charge on any atom is 0.251 e. The fourth-order valence-electron chi connectivity index (χ4n) is 3.02. The lowest BCUT2D eigenvalue weighted by Crippen LogP contribution is -2.32. The predicted octanol–water partition coefficient (Wildman–Crippen LogP) is 1.03. The molecule has 3 amide bonds. The number of carbonyl (C=O) groups excluding carboxylic acids is 3. The molecule has 7 heteroatoms. The fourth-order valence-corrected chi connectivity index (χ4v) is 3.02. The number of hydrogen-bond acceptors (Lipinski definition) is 4. The van der Waals surface area contributed by atoms with Gasteiger partial charge >= 0.3 is 0 Å². The molecular weight excluding hydrogens is 308 g/mol. The van der Waals surface area contributed by atoms with E-state index in [1.54, 1.807) is 0 Å². The summed E-state index contributed by atoms with van der Waals surface area (Å²) in [6.07, 6.45) is 2.23. The van der Waals surface area contributed by atoms with Crippen molar-refractivity contribution in [2.45, 2.75) is 26.2 Å². The monoisotopic (exact) mass is 330 g/mol. The maximum absolute atomic E-state index is 12.0. The molecule has 2 saturated heterocycles. The zero-order valence-corrected chi connectivity index (χ0v) is 13.7. The van der Waals surface area contributed by atoms with Gasteiger partial charge in [0.15, 0.2) is 0 Å². The Morgan fingerprint density at radius 3 is 2.29 bits per heavy atom. The first kappa shape index (κ1) is 16.3. The summed E-state index contributed by atoms with van der Waals surface area (Å²) in [6.45, 7) is 4.39. The van der Waals surface area contributed by atoms with E-state index >= 15 is 0 Å². The van der Waals surface area contributed by atoms with Crippen molar-refractivity contribution in [2.24, 2.45) is 11.8 Å². The van der Waals surface area contributed by atoms with Crippen molar-refractivity contribution in [3.8, 4) is 0 Å². The van der Waals surface area contributed by atoms with Crippen LogP contribution in [0.3, 0.4) is 0 Å². The highest BCUT2D eigenvalue weighted by atomic mass is 16.2. The van der Waals surface area contributed by atoms with Gasteiger partial charge in [-0.15, -0.1) is 0 Å². The highest BCUT2D eigenvalue weighted by Crippen LogP contribution is 2.24. The molecule has 0 spiro atoms. The lowest BCUT2D eigenvalue weighted by molar-refractivity contribution is -0.131. The molecule has 0 aliphatic carbocycles. The molecule has 0 unspecified atom stereocenters. The van der Waals surface area contributed by atoms with Crippen LogP contribution in [0.4, 0.5) is 11.4 Å². The molecule has 1 aromatic carbocycles. The molecule has 0 radical (unpaired) electrons. The average molecular weight is 330 g/mol. The van der Waals surface area contributed by atoms with Crippen LogP contribution in [0.1, 0.15) is 26.2 Å². The summed E-state index contributed by atoms with van der Waals surface area (Å²) in [4.78, 5) is 37.2. The lowest BCUT2D eigenvalue weighted by Gasteiger charge is -2.32. The highest BCUT2D eigenvalue weighted by molar-refractivity contribution is 6.08. The Balaban J connectivity index is 1.55. The average Bonchev–Trinajstić information content (AvgIpc) is 2.88. The zero-order chi connectivity index (χ0) is 17.1. The van der Waals surface area contributed by atoms with Gasteiger partial charge in [-0.2, -0.15) is 0 Å². The third-order valence-electron chi connectivity index (χ3n) is 4.63. The van der Waals surface area contributed by atoms with Crippen LogP contribution >= 0.6 is 0 Å². The minimum Gasteiger partial charge on any atom is -0.372 e. The fraction of sp³-hybridized carbons (Fsp3) is 0.471. The summed E-state index contributed by atoms with van der Waals surface area (Å²) in [6, 6.07) is 7.67. The van der Waals surface area contributed by atoms with Crippen molar-refractivity contribution in [1.29, 1.82) is 0 Å². The van der Waals surface area contributed by atoms with Gasteiger partial charge in [0.2, 0.25) is 5.91 Å². The Kier molecular flexibility index (Phi) is 4.69. The summed E-state index contributed by atoms with van der Waals surface area (Å²) in [5, 5.41) is 2.73. The van der Waals surface area contributed by atoms with E-state index in [2.05, 4.69) is 28.0 Å². The number of nitrogens with zero attached hydrogens (tertiary/aromatic N) is 1. The SMILES string of the molecule is CC1CCN(c2ccc(NC(=O)CC3C(=O)NNC3=O)cc2)CC1. The number of amides is 3. The molecule has 2 aliphatic heterocycles. The lowest BCUT2D eigenvalue weighted by atomic mass is 9.99. The molecule has 24 heavy (non-hydrogen) atoms. The Morgan fingerprint density at radius 2 is 1.71 bits per heavy atom. The Labute approximate surface area is 140 Å². The van der Waals surface area contributed by atoms with Gasteiger partial charge in [-0.3, -0.25) is 25.2 Å². The van der Waals surface area contributed by atoms with Crippen LogP contribution in [0.2, 0.25) is 0 Å². The first-order chi connectivity index (χ1) is 11.5. The molecule has 0 saturated carbocycles. The number of nitrogens with one attached hydrogen (secondary N) is 3. The first-order valence-electron chi connectivity index (χ1n) is 8.27. The van der Waals surface area contributed by atoms with Gasteiger partial charge in [0.05, 0.1) is 0 Å². The number of hydrazine groups is 1. The largest absolute Gasteiger partial charge is 0.372 e. The summed E-state index contributed by atoms with van der Waals surface area (Å²) in [5.74, 6) is -1.47. The van der Waals surface area contributed by atoms with E-state index in [1.807, 2.05) is 24.3 Å². The predicted molar refractivity (Wildman–Crippen MR) is 90.1 cm³/mol. The maximum atomic E-state index is 12.0. The molecule has 0 bridgehead atoms. The van der Waals surface area contributed by atoms with Crippen LogP contribution < -0.4 is 21.1 Å². The van der Waals surface area contributed by atoms with Gasteiger partial charge in [-0.25, -0.2) is 0 Å². The zero-order valence-electron chi connectivity index (χ0n) is 13.7. The smallest absolute Gasteiger partial charge is 0.251 e. The minimum atomic E-state index is -0.959. The summed E-state index contributed by atoms with van der Waals surface area (Å²) >= 11 is 0. The Hall–Kier alpha value is -2.57. The quantitative estimate of drug-likeness (QED) is 0.719. The number of rotatable bonds is 4. The number of carbonyl (C=O) groups is 3. The number of hydrogen-bond donors (Lipinski definition) is 3. The minimum absolute atomic E-state index is 0.163. The summed E-state index contributed by atoms with van der Waals surface area (Å²) in [7, 11) is 0. The molecule has 2 aliphatic rings. The van der Waals surface area contributed by atoms with Crippen LogP contribution in [0.5, 0.6) is 0 Å². The molecule has 3 N–H and O–H groups in total. The van der Waals surface area contributed by atoms with Gasteiger partial charge in [0, 0.05) is 30.9 Å². The number of anilines is 2. The molecular formula is C17H22N4O3. The van der Waals surface area contributed by atoms with Gasteiger partial charge in [0.25, 0.3) is 11.8 Å². The van der Waals surface area contributed by atoms with E-state index in [1.165, 1.54) is 12.8 Å². The second-order valence-electron chi connectivity index (χ2n) is 6.50. The van der Waals surface area contributed by atoms with Crippen LogP contribution in [0.25, 0.3) is 0 Å². The van der Waals surface area contributed by atoms with E-state index in [0.29, 0.717) is 5.69 Å². The van der Waals surface area contributed by atoms with Gasteiger partial charge in [-0.05, 0) is 43.0 Å². The number of piperidine rings is 1. The summed E-state index contributed by atoms with van der Waals surface area (Å²) in [5.41, 5.74) is 6.23. The standard InChI is InChI=1S/C17H22N4O3/c1-11-6-8-21(9-7-11)13-4-2-12(3-5-13)18-15(22)10-14-16(23)19-20-17(14)24/h2-5,11,14H,6-10H2,1H3,(H,18,22)(H,19,23)(H,20,24). The second kappa shape index (κ2) is 6.90. The molecule has 3 rings (SSSR count). The molecule has 2 fully saturated rings. The topological polar surface area (TPSA) is 90.5 Å². The van der Waals surface area contributed by atoms with E-state index in [9.17, 15) is 14.4 Å². The molecule has 2 heterocycles. The third-order valence-corrected chi connectivity index (χ3v) is 4.63. The van der Waals surface area contributed by atoms with Crippen molar-refractivity contribution in [1.82, 2.24) is 10.9 Å². The second-order valence-corrected chi connectivity index (χ2v) is 6.50. The normalized spacial score (nSPS) is 19.1. The van der Waals surface area contributed by atoms with Crippen molar-refractivity contribution < 1.29 is 14.4 Å². The van der Waals surface area contributed by atoms with Crippen molar-refractivity contribution in [3.05, 3.63) is 24.3 Å². The molecule has 0 aromatic heterocycles. The Morgan fingerprint density at radius 1 is 1.12 bits per heavy atom. The van der Waals surface area contributed by atoms with Crippen LogP contribution in [-0.2, 0) is 14.4 Å². The molecule has 1 aromatic rings. The van der Waals surface area contributed by atoms with Crippen molar-refractivity contribution in [3.63, 3.8) is 0 Å². The van der Waals surface area contributed by atoms with E-state index in [0.717, 1.165) is 24.7 Å². The van der Waals surface area contributed by atoms with Gasteiger partial charge in [-0.1, -0.05) is 6.92 Å². The van der Waals surface area contributed by atoms with Crippen molar-refractivity contribution >= 4 is 29.1 Å². The third kappa shape index (κ3) is 3.67. The molecule has 0 atom stereocenters. The van der Waals surface area contributed by atoms with Gasteiger partial charge in [0.1, 0.15) is 5.92 Å². The van der Waals surface area contributed by atoms with Crippen LogP contribution in [0.15, 0.2) is 24.3 Å². The molecule has 7 nitrogen and oxygen atoms in total. The highest BCUT2D eigenvalue weighted by Gasteiger charge is 2.34. The summed E-state index contributed by atoms with van der Waals surface area (Å²) < 4.78 is 0. The number of benzene rings is 1. The van der Waals surface area contributed by atoms with Crippen molar-refractivity contribution in [2.75, 3.05) is 23.3 Å². The van der Waals surface area contributed by atoms with Crippen LogP contribution in [-0.4, -0.2) is 30.8 Å². The van der Waals surface area contributed by atoms with E-state index in [-0.39, 0.29) is 12.3 Å². The first-order valence-corrected chi connectivity index (χ1v) is 8.27. The Bertz CT molecular complexity index is 620. The van der Waals surface area contributed by atoms with Crippen LogP contribution in [0, 0.1) is 11.8 Å². The van der Waals surface area contributed by atoms with E-state index < -0.39 is 17.7 Å². The molecule has 128 valence electrons. The van der Waals surface area contributed by atoms with E-state index in [4.69, 9.17) is 0 Å². The van der Waals surface area contributed by atoms with Gasteiger partial charge < -0.3 is 10.2 Å².